The van der Waals surface area contributed by atoms with Crippen LogP contribution >= 0.6 is 34.7 Å². The first-order valence-electron chi connectivity index (χ1n) is 9.46. The Morgan fingerprint density at radius 3 is 2.53 bits per heavy atom. The smallest absolute Gasteiger partial charge is 0.258 e. The van der Waals surface area contributed by atoms with E-state index in [-0.39, 0.29) is 11.8 Å². The average Bonchev–Trinajstić information content (AvgIpc) is 3.19. The monoisotopic (exact) mass is 460 g/mol. The van der Waals surface area contributed by atoms with Crippen LogP contribution in [-0.4, -0.2) is 34.3 Å². The normalized spacial score (nSPS) is 10.6. The molecule has 0 aliphatic rings. The molecule has 0 fully saturated rings. The second-order valence-electron chi connectivity index (χ2n) is 6.29. The molecule has 0 spiro atoms. The Bertz CT molecular complexity index is 1030. The van der Waals surface area contributed by atoms with Crippen molar-refractivity contribution in [2.45, 2.75) is 24.7 Å². The zero-order valence-corrected chi connectivity index (χ0v) is 18.7. The van der Waals surface area contributed by atoms with Crippen molar-refractivity contribution in [3.05, 3.63) is 69.7 Å². The van der Waals surface area contributed by atoms with Crippen LogP contribution in [0.25, 0.3) is 0 Å². The maximum atomic E-state index is 12.6. The van der Waals surface area contributed by atoms with Crippen LogP contribution in [-0.2, 0) is 6.42 Å². The first kappa shape index (κ1) is 22.3. The van der Waals surface area contributed by atoms with Gasteiger partial charge < -0.3 is 5.32 Å². The van der Waals surface area contributed by atoms with Crippen molar-refractivity contribution >= 4 is 51.6 Å². The highest BCUT2D eigenvalue weighted by Gasteiger charge is 2.14. The number of rotatable bonds is 9. The van der Waals surface area contributed by atoms with Crippen LogP contribution < -0.4 is 10.6 Å². The van der Waals surface area contributed by atoms with E-state index in [9.17, 15) is 9.59 Å². The van der Waals surface area contributed by atoms with Crippen LogP contribution in [0.3, 0.4) is 0 Å². The molecule has 1 heterocycles. The number of carbonyl (C=O) groups is 2. The fourth-order valence-corrected chi connectivity index (χ4v) is 4.46. The molecule has 0 unspecified atom stereocenters. The molecule has 0 atom stereocenters. The summed E-state index contributed by atoms with van der Waals surface area (Å²) in [6, 6.07) is 14.4. The fraction of sp³-hybridized carbons (Fsp3) is 0.238. The van der Waals surface area contributed by atoms with E-state index in [0.717, 1.165) is 22.1 Å². The Hall–Kier alpha value is -2.42. The van der Waals surface area contributed by atoms with Crippen LogP contribution in [0.5, 0.6) is 0 Å². The highest BCUT2D eigenvalue weighted by Crippen LogP contribution is 2.25. The number of aromatic nitrogens is 2. The van der Waals surface area contributed by atoms with Gasteiger partial charge in [0, 0.05) is 17.9 Å². The summed E-state index contributed by atoms with van der Waals surface area (Å²) in [5, 5.41) is 15.3. The Kier molecular flexibility index (Phi) is 8.24. The van der Waals surface area contributed by atoms with E-state index in [1.807, 2.05) is 18.2 Å². The summed E-state index contributed by atoms with van der Waals surface area (Å²) in [6.45, 7) is 2.50. The van der Waals surface area contributed by atoms with Gasteiger partial charge in [0.1, 0.15) is 5.01 Å². The second-order valence-corrected chi connectivity index (χ2v) is 8.89. The molecule has 0 radical (unpaired) electrons. The number of benzene rings is 2. The maximum absolute atomic E-state index is 12.6. The van der Waals surface area contributed by atoms with Crippen molar-refractivity contribution in [3.63, 3.8) is 0 Å². The third-order valence-electron chi connectivity index (χ3n) is 4.02. The third-order valence-corrected chi connectivity index (χ3v) is 6.53. The van der Waals surface area contributed by atoms with E-state index in [2.05, 4.69) is 27.8 Å². The summed E-state index contributed by atoms with van der Waals surface area (Å²) in [5.41, 5.74) is 1.06. The Balaban J connectivity index is 1.54. The average molecular weight is 461 g/mol. The van der Waals surface area contributed by atoms with Crippen molar-refractivity contribution in [1.82, 2.24) is 15.5 Å². The molecule has 6 nitrogen and oxygen atoms in total. The molecule has 9 heteroatoms. The highest BCUT2D eigenvalue weighted by molar-refractivity contribution is 7.99. The molecule has 0 saturated carbocycles. The summed E-state index contributed by atoms with van der Waals surface area (Å²) in [4.78, 5) is 25.8. The van der Waals surface area contributed by atoms with Crippen LogP contribution in [0.15, 0.2) is 53.4 Å². The van der Waals surface area contributed by atoms with Gasteiger partial charge in [0.15, 0.2) is 0 Å². The molecule has 0 aliphatic heterocycles. The molecule has 0 saturated heterocycles. The number of amides is 2. The van der Waals surface area contributed by atoms with Gasteiger partial charge in [0.2, 0.25) is 5.13 Å². The minimum atomic E-state index is -0.236. The zero-order chi connectivity index (χ0) is 21.3. The molecule has 2 N–H and O–H groups in total. The predicted molar refractivity (Wildman–Crippen MR) is 123 cm³/mol. The molecule has 156 valence electrons. The number of anilines is 1. The Labute approximate surface area is 188 Å². The molecular weight excluding hydrogens is 440 g/mol. The minimum Gasteiger partial charge on any atom is -0.352 e. The number of hydrogen-bond donors (Lipinski definition) is 2. The highest BCUT2D eigenvalue weighted by atomic mass is 35.5. The molecule has 3 aromatic rings. The lowest BCUT2D eigenvalue weighted by molar-refractivity contribution is 0.0953. The lowest BCUT2D eigenvalue weighted by atomic mass is 10.2. The third kappa shape index (κ3) is 6.04. The van der Waals surface area contributed by atoms with E-state index in [1.165, 1.54) is 11.3 Å². The van der Waals surface area contributed by atoms with Crippen molar-refractivity contribution in [1.29, 1.82) is 0 Å². The van der Waals surface area contributed by atoms with Crippen molar-refractivity contribution in [2.24, 2.45) is 0 Å². The molecule has 0 bridgehead atoms. The van der Waals surface area contributed by atoms with Gasteiger partial charge >= 0.3 is 0 Å². The fourth-order valence-electron chi connectivity index (χ4n) is 2.59. The summed E-state index contributed by atoms with van der Waals surface area (Å²) < 4.78 is 0. The Morgan fingerprint density at radius 2 is 1.77 bits per heavy atom. The van der Waals surface area contributed by atoms with Crippen LogP contribution in [0.2, 0.25) is 5.02 Å². The Morgan fingerprint density at radius 1 is 1.03 bits per heavy atom. The van der Waals surface area contributed by atoms with Gasteiger partial charge in [-0.15, -0.1) is 22.0 Å². The van der Waals surface area contributed by atoms with Crippen molar-refractivity contribution in [3.8, 4) is 0 Å². The number of hydrogen-bond acceptors (Lipinski definition) is 6. The molecule has 1 aromatic heterocycles. The minimum absolute atomic E-state index is 0.205. The van der Waals surface area contributed by atoms with E-state index in [1.54, 1.807) is 42.1 Å². The van der Waals surface area contributed by atoms with Crippen LogP contribution in [0, 0.1) is 0 Å². The van der Waals surface area contributed by atoms with E-state index in [0.29, 0.717) is 34.2 Å². The topological polar surface area (TPSA) is 84.0 Å². The summed E-state index contributed by atoms with van der Waals surface area (Å²) in [6.07, 6.45) is 1.54. The predicted octanol–water partition coefficient (Wildman–Crippen LogP) is 4.92. The van der Waals surface area contributed by atoms with E-state index >= 15 is 0 Å². The van der Waals surface area contributed by atoms with Gasteiger partial charge in [0.05, 0.1) is 16.1 Å². The summed E-state index contributed by atoms with van der Waals surface area (Å²) in [5.74, 6) is 0.511. The number of halogens is 1. The number of thioether (sulfide) groups is 1. The quantitative estimate of drug-likeness (QED) is 0.443. The van der Waals surface area contributed by atoms with Crippen LogP contribution in [0.1, 0.15) is 39.1 Å². The van der Waals surface area contributed by atoms with Gasteiger partial charge in [0.25, 0.3) is 11.8 Å². The largest absolute Gasteiger partial charge is 0.352 e. The number of nitrogens with zero attached hydrogens (tertiary/aromatic N) is 2. The second kappa shape index (κ2) is 11.1. The van der Waals surface area contributed by atoms with Gasteiger partial charge in [-0.1, -0.05) is 54.1 Å². The summed E-state index contributed by atoms with van der Waals surface area (Å²) >= 11 is 8.99. The molecule has 3 rings (SSSR count). The molecule has 0 aliphatic carbocycles. The lowest BCUT2D eigenvalue weighted by Crippen LogP contribution is -2.25. The molecule has 2 aromatic carbocycles. The van der Waals surface area contributed by atoms with Crippen molar-refractivity contribution < 1.29 is 9.59 Å². The van der Waals surface area contributed by atoms with E-state index < -0.39 is 0 Å². The van der Waals surface area contributed by atoms with Gasteiger partial charge in [-0.05, 0) is 36.4 Å². The van der Waals surface area contributed by atoms with Crippen LogP contribution in [0.4, 0.5) is 5.13 Å². The van der Waals surface area contributed by atoms with E-state index in [4.69, 9.17) is 11.6 Å². The lowest BCUT2D eigenvalue weighted by Gasteiger charge is -2.07. The molecular formula is C21H21ClN4O2S2. The van der Waals surface area contributed by atoms with Gasteiger partial charge in [-0.2, -0.15) is 0 Å². The van der Waals surface area contributed by atoms with Gasteiger partial charge in [-0.25, -0.2) is 0 Å². The SMILES string of the molecule is CCCSc1ccccc1C(=O)Nc1nnc(CCNC(=O)c2ccccc2Cl)s1. The first-order chi connectivity index (χ1) is 14.6. The molecule has 30 heavy (non-hydrogen) atoms. The standard InChI is InChI=1S/C21H21ClN4O2S2/c1-2-13-29-17-10-6-4-8-15(17)20(28)24-21-26-25-18(30-21)11-12-23-19(27)14-7-3-5-9-16(14)22/h3-10H,2,11-13H2,1H3,(H,23,27)(H,24,26,28). The number of carbonyl (C=O) groups excluding carboxylic acids is 2. The molecule has 2 amide bonds. The van der Waals surface area contributed by atoms with Crippen molar-refractivity contribution in [2.75, 3.05) is 17.6 Å². The maximum Gasteiger partial charge on any atom is 0.258 e. The zero-order valence-electron chi connectivity index (χ0n) is 16.4. The van der Waals surface area contributed by atoms with Gasteiger partial charge in [-0.3, -0.25) is 14.9 Å². The number of nitrogens with one attached hydrogen (secondary N) is 2. The first-order valence-corrected chi connectivity index (χ1v) is 11.6. The summed E-state index contributed by atoms with van der Waals surface area (Å²) in [7, 11) is 0.